The van der Waals surface area contributed by atoms with Gasteiger partial charge in [-0.2, -0.15) is 13.2 Å². The van der Waals surface area contributed by atoms with E-state index in [1.165, 1.54) is 0 Å². The summed E-state index contributed by atoms with van der Waals surface area (Å²) < 4.78 is 51.3. The zero-order valence-electron chi connectivity index (χ0n) is 9.09. The molecule has 0 fully saturated rings. The monoisotopic (exact) mass is 282 g/mol. The molecule has 0 aromatic carbocycles. The van der Waals surface area contributed by atoms with Crippen LogP contribution in [0.2, 0.25) is 0 Å². The van der Waals surface area contributed by atoms with Gasteiger partial charge in [-0.15, -0.1) is 11.8 Å². The topological polar surface area (TPSA) is 59.1 Å². The first-order valence-electron chi connectivity index (χ1n) is 5.08. The summed E-state index contributed by atoms with van der Waals surface area (Å²) in [5, 5.41) is 9.21. The van der Waals surface area contributed by atoms with Crippen molar-refractivity contribution in [3.63, 3.8) is 0 Å². The van der Waals surface area contributed by atoms with Crippen molar-refractivity contribution in [1.29, 1.82) is 0 Å². The van der Waals surface area contributed by atoms with Crippen LogP contribution in [0, 0.1) is 5.82 Å². The van der Waals surface area contributed by atoms with Crippen LogP contribution in [-0.2, 0) is 11.7 Å². The van der Waals surface area contributed by atoms with E-state index < -0.39 is 29.8 Å². The van der Waals surface area contributed by atoms with Crippen molar-refractivity contribution in [3.05, 3.63) is 23.3 Å². The second-order valence-electron chi connectivity index (χ2n) is 4.07. The fourth-order valence-electron chi connectivity index (χ4n) is 1.80. The number of nitrogens with two attached hydrogens (primary N) is 1. The summed E-state index contributed by atoms with van der Waals surface area (Å²) >= 11 is 0.957. The summed E-state index contributed by atoms with van der Waals surface area (Å²) in [6.07, 6.45) is -3.58. The Balaban J connectivity index is 2.60. The van der Waals surface area contributed by atoms with Gasteiger partial charge >= 0.3 is 6.18 Å². The van der Waals surface area contributed by atoms with Gasteiger partial charge in [0, 0.05) is 17.5 Å². The Morgan fingerprint density at radius 3 is 2.72 bits per heavy atom. The minimum absolute atomic E-state index is 0.131. The number of hydrogen-bond donors (Lipinski definition) is 2. The van der Waals surface area contributed by atoms with Crippen LogP contribution < -0.4 is 5.73 Å². The number of nitrogens with zero attached hydrogens (tertiary/aromatic N) is 1. The lowest BCUT2D eigenvalue weighted by Gasteiger charge is -2.33. The molecule has 0 saturated carbocycles. The van der Waals surface area contributed by atoms with Crippen LogP contribution in [0.3, 0.4) is 0 Å². The number of rotatable bonds is 1. The van der Waals surface area contributed by atoms with Crippen LogP contribution in [0.15, 0.2) is 11.1 Å². The third-order valence-electron chi connectivity index (χ3n) is 2.86. The number of aliphatic hydroxyl groups is 1. The summed E-state index contributed by atoms with van der Waals surface area (Å²) in [7, 11) is 0. The van der Waals surface area contributed by atoms with Gasteiger partial charge in [-0.3, -0.25) is 0 Å². The van der Waals surface area contributed by atoms with E-state index in [2.05, 4.69) is 4.98 Å². The number of aromatic nitrogens is 1. The molecule has 18 heavy (non-hydrogen) atoms. The predicted octanol–water partition coefficient (Wildman–Crippen LogP) is 1.88. The Kier molecular flexibility index (Phi) is 3.28. The van der Waals surface area contributed by atoms with Gasteiger partial charge in [0.15, 0.2) is 11.5 Å². The van der Waals surface area contributed by atoms with E-state index >= 15 is 0 Å². The fraction of sp³-hybridized carbons (Fsp3) is 0.500. The zero-order chi connectivity index (χ0) is 13.6. The molecule has 2 rings (SSSR count). The largest absolute Gasteiger partial charge is 0.436 e. The first-order chi connectivity index (χ1) is 8.29. The van der Waals surface area contributed by atoms with Crippen LogP contribution in [0.1, 0.15) is 17.7 Å². The number of thioether (sulfide) groups is 1. The highest BCUT2D eigenvalue weighted by Gasteiger charge is 2.41. The van der Waals surface area contributed by atoms with E-state index in [9.17, 15) is 22.7 Å². The Hall–Kier alpha value is -0.860. The lowest BCUT2D eigenvalue weighted by Crippen LogP contribution is -2.43. The van der Waals surface area contributed by atoms with E-state index in [-0.39, 0.29) is 10.5 Å². The first kappa shape index (κ1) is 13.6. The minimum Gasteiger partial charge on any atom is -0.394 e. The first-order valence-corrected chi connectivity index (χ1v) is 6.07. The molecular weight excluding hydrogens is 272 g/mol. The summed E-state index contributed by atoms with van der Waals surface area (Å²) in [5.74, 6) is -1.06. The van der Waals surface area contributed by atoms with Gasteiger partial charge in [0.2, 0.25) is 0 Å². The molecule has 0 bridgehead atoms. The van der Waals surface area contributed by atoms with Gasteiger partial charge in [0.1, 0.15) is 0 Å². The average molecular weight is 282 g/mol. The molecule has 1 aliphatic heterocycles. The van der Waals surface area contributed by atoms with E-state index in [1.54, 1.807) is 0 Å². The van der Waals surface area contributed by atoms with E-state index in [0.29, 0.717) is 12.2 Å². The highest BCUT2D eigenvalue weighted by Crippen LogP contribution is 2.42. The van der Waals surface area contributed by atoms with Gasteiger partial charge in [0.25, 0.3) is 0 Å². The molecular formula is C10H10F4N2OS. The molecule has 1 aliphatic rings. The highest BCUT2D eigenvalue weighted by atomic mass is 32.2. The van der Waals surface area contributed by atoms with Crippen LogP contribution in [0.5, 0.6) is 0 Å². The molecule has 0 spiro atoms. The van der Waals surface area contributed by atoms with Crippen LogP contribution in [0.4, 0.5) is 17.6 Å². The second kappa shape index (κ2) is 4.36. The summed E-state index contributed by atoms with van der Waals surface area (Å²) in [6.45, 7) is -0.465. The van der Waals surface area contributed by atoms with Gasteiger partial charge in [0.05, 0.1) is 17.0 Å². The minimum atomic E-state index is -4.84. The maximum Gasteiger partial charge on any atom is 0.436 e. The molecule has 8 heteroatoms. The number of aliphatic hydroxyl groups excluding tert-OH is 1. The molecule has 1 aromatic heterocycles. The Labute approximate surface area is 104 Å². The maximum absolute atomic E-state index is 13.8. The molecule has 0 saturated heterocycles. The summed E-state index contributed by atoms with van der Waals surface area (Å²) in [4.78, 5) is 2.94. The van der Waals surface area contributed by atoms with Crippen molar-refractivity contribution >= 4 is 11.8 Å². The molecule has 0 aliphatic carbocycles. The molecule has 1 atom stereocenters. The SMILES string of the molecule is NC1(CO)CCSc2c1cnc(C(F)(F)F)c2F. The molecule has 3 N–H and O–H groups in total. The number of pyridine rings is 1. The van der Waals surface area contributed by atoms with E-state index in [0.717, 1.165) is 18.0 Å². The van der Waals surface area contributed by atoms with Gasteiger partial charge < -0.3 is 10.8 Å². The normalized spacial score (nSPS) is 23.9. The number of halogens is 4. The zero-order valence-corrected chi connectivity index (χ0v) is 9.91. The third-order valence-corrected chi connectivity index (χ3v) is 3.95. The molecule has 1 unspecified atom stereocenters. The van der Waals surface area contributed by atoms with Crippen LogP contribution >= 0.6 is 11.8 Å². The second-order valence-corrected chi connectivity index (χ2v) is 5.18. The Morgan fingerprint density at radius 2 is 2.17 bits per heavy atom. The Morgan fingerprint density at radius 1 is 1.50 bits per heavy atom. The smallest absolute Gasteiger partial charge is 0.394 e. The standard InChI is InChI=1S/C10H10F4N2OS/c11-6-7-5(3-16-8(6)10(12,13)14)9(15,4-17)1-2-18-7/h3,17H,1-2,4,15H2. The van der Waals surface area contributed by atoms with Crippen LogP contribution in [0.25, 0.3) is 0 Å². The third kappa shape index (κ3) is 2.08. The fourth-order valence-corrected chi connectivity index (χ4v) is 3.10. The van der Waals surface area contributed by atoms with Gasteiger partial charge in [-0.25, -0.2) is 9.37 Å². The molecule has 100 valence electrons. The number of alkyl halides is 3. The molecule has 1 aromatic rings. The van der Waals surface area contributed by atoms with Crippen molar-refractivity contribution in [3.8, 4) is 0 Å². The van der Waals surface area contributed by atoms with E-state index in [4.69, 9.17) is 5.73 Å². The maximum atomic E-state index is 13.8. The van der Waals surface area contributed by atoms with E-state index in [1.807, 2.05) is 0 Å². The average Bonchev–Trinajstić information content (AvgIpc) is 2.29. The van der Waals surface area contributed by atoms with Crippen LogP contribution in [-0.4, -0.2) is 22.5 Å². The molecule has 3 nitrogen and oxygen atoms in total. The molecule has 0 radical (unpaired) electrons. The predicted molar refractivity (Wildman–Crippen MR) is 57.5 cm³/mol. The number of hydrogen-bond acceptors (Lipinski definition) is 4. The Bertz CT molecular complexity index is 480. The van der Waals surface area contributed by atoms with Crippen molar-refractivity contribution in [2.24, 2.45) is 5.73 Å². The molecule has 2 heterocycles. The van der Waals surface area contributed by atoms with Gasteiger partial charge in [-0.1, -0.05) is 0 Å². The van der Waals surface area contributed by atoms with Crippen molar-refractivity contribution in [1.82, 2.24) is 4.98 Å². The van der Waals surface area contributed by atoms with Crippen molar-refractivity contribution in [2.75, 3.05) is 12.4 Å². The summed E-state index contributed by atoms with van der Waals surface area (Å²) in [6, 6.07) is 0. The highest BCUT2D eigenvalue weighted by molar-refractivity contribution is 7.99. The lowest BCUT2D eigenvalue weighted by molar-refractivity contribution is -0.144. The molecule has 0 amide bonds. The van der Waals surface area contributed by atoms with Gasteiger partial charge in [-0.05, 0) is 6.42 Å². The van der Waals surface area contributed by atoms with Crippen molar-refractivity contribution < 1.29 is 22.7 Å². The lowest BCUT2D eigenvalue weighted by atomic mass is 9.89. The van der Waals surface area contributed by atoms with Crippen molar-refractivity contribution in [2.45, 2.75) is 23.0 Å². The number of fused-ring (bicyclic) bond motifs is 1. The quantitative estimate of drug-likeness (QED) is 0.772. The summed E-state index contributed by atoms with van der Waals surface area (Å²) in [5.41, 5.74) is 3.21.